The van der Waals surface area contributed by atoms with Crippen molar-refractivity contribution >= 4 is 11.4 Å². The number of aliphatic hydroxyl groups excluding tert-OH is 1. The lowest BCUT2D eigenvalue weighted by Crippen LogP contribution is -2.48. The van der Waals surface area contributed by atoms with Gasteiger partial charge in [0.15, 0.2) is 0 Å². The highest BCUT2D eigenvalue weighted by atomic mass is 16.3. The molecule has 1 saturated heterocycles. The van der Waals surface area contributed by atoms with Gasteiger partial charge in [-0.25, -0.2) is 0 Å². The van der Waals surface area contributed by atoms with Gasteiger partial charge in [-0.05, 0) is 37.5 Å². The van der Waals surface area contributed by atoms with Crippen molar-refractivity contribution < 1.29 is 5.11 Å². The van der Waals surface area contributed by atoms with E-state index in [9.17, 15) is 5.11 Å². The second-order valence-corrected chi connectivity index (χ2v) is 6.93. The summed E-state index contributed by atoms with van der Waals surface area (Å²) in [5, 5.41) is 13.0. The van der Waals surface area contributed by atoms with Crippen LogP contribution in [-0.4, -0.2) is 41.3 Å². The van der Waals surface area contributed by atoms with Crippen LogP contribution in [0.2, 0.25) is 0 Å². The number of rotatable bonds is 2. The Balaban J connectivity index is 1.59. The van der Waals surface area contributed by atoms with E-state index >= 15 is 0 Å². The molecule has 1 aromatic rings. The van der Waals surface area contributed by atoms with Crippen molar-refractivity contribution in [1.29, 1.82) is 0 Å². The average molecular weight is 287 g/mol. The fourth-order valence-electron chi connectivity index (χ4n) is 4.02. The summed E-state index contributed by atoms with van der Waals surface area (Å²) in [4.78, 5) is 5.22. The summed E-state index contributed by atoms with van der Waals surface area (Å²) in [6, 6.07) is 7.14. The summed E-state index contributed by atoms with van der Waals surface area (Å²) in [5.41, 5.74) is 3.49. The van der Waals surface area contributed by atoms with E-state index in [1.807, 2.05) is 6.07 Å². The molecule has 0 bridgehead atoms. The van der Waals surface area contributed by atoms with Crippen LogP contribution in [-0.2, 0) is 6.61 Å². The molecule has 1 aliphatic carbocycles. The van der Waals surface area contributed by atoms with E-state index in [4.69, 9.17) is 0 Å². The zero-order valence-corrected chi connectivity index (χ0v) is 12.8. The van der Waals surface area contributed by atoms with Crippen molar-refractivity contribution in [2.75, 3.05) is 29.9 Å². The maximum atomic E-state index is 9.32. The topological polar surface area (TPSA) is 38.7 Å². The Labute approximate surface area is 126 Å². The molecule has 4 heteroatoms. The number of benzene rings is 1. The third-order valence-corrected chi connectivity index (χ3v) is 5.62. The SMILES string of the molecule is CC12CCN(C3CCC3)CCN1c1ccc(CO)cc1N2. The Bertz CT molecular complexity index is 543. The van der Waals surface area contributed by atoms with Gasteiger partial charge in [-0.15, -0.1) is 0 Å². The van der Waals surface area contributed by atoms with E-state index in [2.05, 4.69) is 34.2 Å². The standard InChI is InChI=1S/C17H25N3O/c1-17-7-8-19(14-3-2-4-14)9-10-20(17)16-6-5-13(12-21)11-15(16)18-17/h5-6,11,14,18,21H,2-4,7-10,12H2,1H3. The van der Waals surface area contributed by atoms with E-state index in [1.54, 1.807) is 0 Å². The minimum atomic E-state index is 0.0227. The smallest absolute Gasteiger partial charge is 0.109 e. The minimum Gasteiger partial charge on any atom is -0.392 e. The highest BCUT2D eigenvalue weighted by Gasteiger charge is 2.42. The third-order valence-electron chi connectivity index (χ3n) is 5.62. The van der Waals surface area contributed by atoms with Crippen molar-refractivity contribution in [1.82, 2.24) is 4.90 Å². The van der Waals surface area contributed by atoms with Gasteiger partial charge in [0.25, 0.3) is 0 Å². The highest BCUT2D eigenvalue weighted by molar-refractivity contribution is 5.78. The number of hydrogen-bond acceptors (Lipinski definition) is 4. The lowest BCUT2D eigenvalue weighted by Gasteiger charge is -2.37. The first-order valence-electron chi connectivity index (χ1n) is 8.23. The Kier molecular flexibility index (Phi) is 3.12. The van der Waals surface area contributed by atoms with Gasteiger partial charge in [0, 0.05) is 32.1 Å². The zero-order chi connectivity index (χ0) is 14.4. The Morgan fingerprint density at radius 2 is 2.14 bits per heavy atom. The molecule has 1 atom stereocenters. The molecule has 0 radical (unpaired) electrons. The summed E-state index contributed by atoms with van der Waals surface area (Å²) in [6.07, 6.45) is 5.33. The molecule has 2 heterocycles. The summed E-state index contributed by atoms with van der Waals surface area (Å²) < 4.78 is 0. The lowest BCUT2D eigenvalue weighted by atomic mass is 9.91. The maximum Gasteiger partial charge on any atom is 0.109 e. The summed E-state index contributed by atoms with van der Waals surface area (Å²) in [6.45, 7) is 5.87. The normalized spacial score (nSPS) is 29.3. The second-order valence-electron chi connectivity index (χ2n) is 6.93. The number of nitrogens with zero attached hydrogens (tertiary/aromatic N) is 2. The van der Waals surface area contributed by atoms with Gasteiger partial charge in [-0.3, -0.25) is 4.90 Å². The summed E-state index contributed by atoms with van der Waals surface area (Å²) in [7, 11) is 0. The molecule has 4 rings (SSSR count). The quantitative estimate of drug-likeness (QED) is 0.876. The predicted molar refractivity (Wildman–Crippen MR) is 85.6 cm³/mol. The molecule has 1 aromatic carbocycles. The molecule has 4 nitrogen and oxygen atoms in total. The minimum absolute atomic E-state index is 0.0227. The van der Waals surface area contributed by atoms with Crippen molar-refractivity contribution in [3.63, 3.8) is 0 Å². The maximum absolute atomic E-state index is 9.32. The monoisotopic (exact) mass is 287 g/mol. The number of fused-ring (bicyclic) bond motifs is 3. The van der Waals surface area contributed by atoms with Gasteiger partial charge >= 0.3 is 0 Å². The Hall–Kier alpha value is -1.26. The van der Waals surface area contributed by atoms with E-state index in [-0.39, 0.29) is 12.3 Å². The largest absolute Gasteiger partial charge is 0.392 e. The molecule has 0 aromatic heterocycles. The fraction of sp³-hybridized carbons (Fsp3) is 0.647. The first kappa shape index (κ1) is 13.4. The molecule has 2 aliphatic heterocycles. The van der Waals surface area contributed by atoms with Crippen LogP contribution < -0.4 is 10.2 Å². The van der Waals surface area contributed by atoms with E-state index in [0.717, 1.165) is 24.6 Å². The molecular formula is C17H25N3O. The van der Waals surface area contributed by atoms with Crippen molar-refractivity contribution in [3.05, 3.63) is 23.8 Å². The van der Waals surface area contributed by atoms with Crippen LogP contribution in [0.3, 0.4) is 0 Å². The molecule has 3 aliphatic rings. The van der Waals surface area contributed by atoms with Crippen molar-refractivity contribution in [2.45, 2.75) is 50.9 Å². The Morgan fingerprint density at radius 3 is 2.86 bits per heavy atom. The van der Waals surface area contributed by atoms with Crippen LogP contribution in [0.25, 0.3) is 0 Å². The molecule has 114 valence electrons. The second kappa shape index (κ2) is 4.89. The highest BCUT2D eigenvalue weighted by Crippen LogP contribution is 2.43. The molecule has 1 saturated carbocycles. The molecule has 0 amide bonds. The number of hydrogen-bond donors (Lipinski definition) is 2. The zero-order valence-electron chi connectivity index (χ0n) is 12.8. The lowest BCUT2D eigenvalue weighted by molar-refractivity contribution is 0.134. The first-order valence-corrected chi connectivity index (χ1v) is 8.23. The van der Waals surface area contributed by atoms with Crippen LogP contribution in [0.5, 0.6) is 0 Å². The van der Waals surface area contributed by atoms with Gasteiger partial charge < -0.3 is 15.3 Å². The van der Waals surface area contributed by atoms with E-state index in [0.29, 0.717) is 0 Å². The molecule has 2 N–H and O–H groups in total. The fourth-order valence-corrected chi connectivity index (χ4v) is 4.02. The van der Waals surface area contributed by atoms with E-state index < -0.39 is 0 Å². The van der Waals surface area contributed by atoms with Gasteiger partial charge in [0.05, 0.1) is 18.0 Å². The van der Waals surface area contributed by atoms with Gasteiger partial charge in [0.1, 0.15) is 5.66 Å². The van der Waals surface area contributed by atoms with Crippen molar-refractivity contribution in [2.24, 2.45) is 0 Å². The Morgan fingerprint density at radius 1 is 1.29 bits per heavy atom. The van der Waals surface area contributed by atoms with Crippen molar-refractivity contribution in [3.8, 4) is 0 Å². The van der Waals surface area contributed by atoms with Gasteiger partial charge in [-0.1, -0.05) is 12.5 Å². The summed E-state index contributed by atoms with van der Waals surface area (Å²) in [5.74, 6) is 0. The van der Waals surface area contributed by atoms with Crippen LogP contribution in [0.15, 0.2) is 18.2 Å². The predicted octanol–water partition coefficient (Wildman–Crippen LogP) is 2.39. The van der Waals surface area contributed by atoms with Crippen LogP contribution in [0, 0.1) is 0 Å². The number of aliphatic hydroxyl groups is 1. The van der Waals surface area contributed by atoms with Gasteiger partial charge in [-0.2, -0.15) is 0 Å². The van der Waals surface area contributed by atoms with Crippen LogP contribution in [0.1, 0.15) is 38.2 Å². The molecule has 2 fully saturated rings. The molecule has 21 heavy (non-hydrogen) atoms. The molecular weight excluding hydrogens is 262 g/mol. The number of anilines is 2. The number of nitrogens with one attached hydrogen (secondary N) is 1. The summed E-state index contributed by atoms with van der Waals surface area (Å²) >= 11 is 0. The average Bonchev–Trinajstić information content (AvgIpc) is 2.60. The molecule has 1 unspecified atom stereocenters. The molecule has 0 spiro atoms. The van der Waals surface area contributed by atoms with Crippen LogP contribution in [0.4, 0.5) is 11.4 Å². The van der Waals surface area contributed by atoms with Crippen LogP contribution >= 0.6 is 0 Å². The first-order chi connectivity index (χ1) is 10.2. The van der Waals surface area contributed by atoms with E-state index in [1.165, 1.54) is 43.7 Å². The van der Waals surface area contributed by atoms with Gasteiger partial charge in [0.2, 0.25) is 0 Å². The third kappa shape index (κ3) is 2.12.